The Morgan fingerprint density at radius 3 is 2.30 bits per heavy atom. The third kappa shape index (κ3) is 6.30. The van der Waals surface area contributed by atoms with Crippen LogP contribution >= 0.6 is 0 Å². The van der Waals surface area contributed by atoms with Crippen LogP contribution in [0.4, 0.5) is 5.69 Å². The highest BCUT2D eigenvalue weighted by atomic mass is 32.2. The Kier molecular flexibility index (Phi) is 7.73. The van der Waals surface area contributed by atoms with Crippen LogP contribution in [0, 0.1) is 0 Å². The molecule has 0 radical (unpaired) electrons. The van der Waals surface area contributed by atoms with Gasteiger partial charge >= 0.3 is 0 Å². The summed E-state index contributed by atoms with van der Waals surface area (Å²) in [7, 11) is -3.74. The lowest BCUT2D eigenvalue weighted by atomic mass is 10.1. The number of benzene rings is 3. The Hall–Kier alpha value is -3.40. The molecule has 2 aliphatic heterocycles. The fourth-order valence-electron chi connectivity index (χ4n) is 4.55. The van der Waals surface area contributed by atoms with Crippen LogP contribution in [0.3, 0.4) is 0 Å². The number of anilines is 1. The summed E-state index contributed by atoms with van der Waals surface area (Å²) in [5.41, 5.74) is 3.30. The SMILES string of the molecule is O=C(NCc1ccc(CN2CCOCC2)cc1)C1CN(S(=O)(=O)Cc2ccccc2)c2ccccc2O1. The summed E-state index contributed by atoms with van der Waals surface area (Å²) >= 11 is 0. The van der Waals surface area contributed by atoms with Crippen LogP contribution in [0.5, 0.6) is 5.75 Å². The fraction of sp³-hybridized carbons (Fsp3) is 0.321. The first-order valence-electron chi connectivity index (χ1n) is 12.4. The molecule has 1 amide bonds. The average Bonchev–Trinajstić information content (AvgIpc) is 2.93. The van der Waals surface area contributed by atoms with Crippen molar-refractivity contribution in [2.45, 2.75) is 24.9 Å². The normalized spacial score (nSPS) is 18.1. The number of ether oxygens (including phenoxy) is 2. The van der Waals surface area contributed by atoms with E-state index in [4.69, 9.17) is 9.47 Å². The minimum atomic E-state index is -3.74. The van der Waals surface area contributed by atoms with Gasteiger partial charge in [-0.05, 0) is 28.8 Å². The molecule has 8 nitrogen and oxygen atoms in total. The molecule has 1 N–H and O–H groups in total. The quantitative estimate of drug-likeness (QED) is 0.491. The Labute approximate surface area is 217 Å². The number of fused-ring (bicyclic) bond motifs is 1. The molecular formula is C28H31N3O5S. The highest BCUT2D eigenvalue weighted by molar-refractivity contribution is 7.92. The zero-order chi connectivity index (χ0) is 25.7. The molecule has 194 valence electrons. The van der Waals surface area contributed by atoms with Crippen LogP contribution in [-0.4, -0.2) is 58.2 Å². The molecule has 0 aliphatic carbocycles. The van der Waals surface area contributed by atoms with Gasteiger partial charge in [0.1, 0.15) is 5.75 Å². The average molecular weight is 522 g/mol. The van der Waals surface area contributed by atoms with Gasteiger partial charge in [0, 0.05) is 26.2 Å². The van der Waals surface area contributed by atoms with Crippen molar-refractivity contribution < 1.29 is 22.7 Å². The lowest BCUT2D eigenvalue weighted by Gasteiger charge is -2.34. The van der Waals surface area contributed by atoms with Gasteiger partial charge in [0.05, 0.1) is 31.2 Å². The van der Waals surface area contributed by atoms with Gasteiger partial charge in [-0.15, -0.1) is 0 Å². The summed E-state index contributed by atoms with van der Waals surface area (Å²) in [6.07, 6.45) is -0.957. The Morgan fingerprint density at radius 1 is 0.865 bits per heavy atom. The van der Waals surface area contributed by atoms with Crippen molar-refractivity contribution in [3.63, 3.8) is 0 Å². The van der Waals surface area contributed by atoms with Gasteiger partial charge in [0.2, 0.25) is 10.0 Å². The summed E-state index contributed by atoms with van der Waals surface area (Å²) in [5, 5.41) is 2.91. The number of hydrogen-bond donors (Lipinski definition) is 1. The van der Waals surface area contributed by atoms with Crippen molar-refractivity contribution in [1.82, 2.24) is 10.2 Å². The van der Waals surface area contributed by atoms with Crippen LogP contribution in [-0.2, 0) is 38.4 Å². The number of nitrogens with zero attached hydrogens (tertiary/aromatic N) is 2. The first kappa shape index (κ1) is 25.3. The molecule has 1 atom stereocenters. The Balaban J connectivity index is 1.23. The van der Waals surface area contributed by atoms with E-state index < -0.39 is 16.1 Å². The number of carbonyl (C=O) groups is 1. The molecule has 2 aliphatic rings. The maximum Gasteiger partial charge on any atom is 0.263 e. The molecule has 0 saturated carbocycles. The maximum absolute atomic E-state index is 13.4. The number of morpholine rings is 1. The molecule has 1 saturated heterocycles. The summed E-state index contributed by atoms with van der Waals surface area (Å²) in [4.78, 5) is 15.4. The monoisotopic (exact) mass is 521 g/mol. The van der Waals surface area contributed by atoms with E-state index in [0.717, 1.165) is 38.4 Å². The molecule has 1 fully saturated rings. The van der Waals surface area contributed by atoms with Gasteiger partial charge in [-0.3, -0.25) is 14.0 Å². The topological polar surface area (TPSA) is 88.2 Å². The van der Waals surface area contributed by atoms with Crippen LogP contribution in [0.25, 0.3) is 0 Å². The van der Waals surface area contributed by atoms with Gasteiger partial charge in [-0.25, -0.2) is 8.42 Å². The third-order valence-electron chi connectivity index (χ3n) is 6.55. The van der Waals surface area contributed by atoms with E-state index >= 15 is 0 Å². The van der Waals surface area contributed by atoms with Gasteiger partial charge in [-0.1, -0.05) is 66.7 Å². The van der Waals surface area contributed by atoms with Crippen LogP contribution in [0.2, 0.25) is 0 Å². The first-order valence-corrected chi connectivity index (χ1v) is 14.0. The van der Waals surface area contributed by atoms with Gasteiger partial charge in [0.25, 0.3) is 5.91 Å². The molecule has 5 rings (SSSR count). The minimum absolute atomic E-state index is 0.0868. The summed E-state index contributed by atoms with van der Waals surface area (Å²) in [6.45, 7) is 4.51. The summed E-state index contributed by atoms with van der Waals surface area (Å²) < 4.78 is 39.4. The fourth-order valence-corrected chi connectivity index (χ4v) is 6.13. The molecule has 0 aromatic heterocycles. The molecule has 0 bridgehead atoms. The van der Waals surface area contributed by atoms with Crippen LogP contribution in [0.1, 0.15) is 16.7 Å². The van der Waals surface area contributed by atoms with E-state index in [9.17, 15) is 13.2 Å². The number of amides is 1. The van der Waals surface area contributed by atoms with E-state index in [1.165, 1.54) is 9.87 Å². The molecular weight excluding hydrogens is 490 g/mol. The molecule has 0 spiro atoms. The largest absolute Gasteiger partial charge is 0.476 e. The van der Waals surface area contributed by atoms with Crippen molar-refractivity contribution in [1.29, 1.82) is 0 Å². The second kappa shape index (κ2) is 11.3. The van der Waals surface area contributed by atoms with Crippen molar-refractivity contribution in [2.24, 2.45) is 0 Å². The highest BCUT2D eigenvalue weighted by Gasteiger charge is 2.36. The number of sulfonamides is 1. The van der Waals surface area contributed by atoms with Gasteiger partial charge in [-0.2, -0.15) is 0 Å². The van der Waals surface area contributed by atoms with Crippen LogP contribution < -0.4 is 14.4 Å². The smallest absolute Gasteiger partial charge is 0.263 e. The Bertz CT molecular complexity index is 1310. The zero-order valence-corrected chi connectivity index (χ0v) is 21.4. The van der Waals surface area contributed by atoms with E-state index in [1.54, 1.807) is 36.4 Å². The van der Waals surface area contributed by atoms with E-state index in [1.807, 2.05) is 30.3 Å². The molecule has 1 unspecified atom stereocenters. The lowest BCUT2D eigenvalue weighted by molar-refractivity contribution is -0.127. The van der Waals surface area contributed by atoms with Crippen molar-refractivity contribution in [2.75, 3.05) is 37.2 Å². The number of nitrogens with one attached hydrogen (secondary N) is 1. The predicted octanol–water partition coefficient (Wildman–Crippen LogP) is 2.93. The van der Waals surface area contributed by atoms with Crippen molar-refractivity contribution in [3.8, 4) is 5.75 Å². The van der Waals surface area contributed by atoms with E-state index in [-0.39, 0.29) is 18.2 Å². The number of carbonyl (C=O) groups excluding carboxylic acids is 1. The third-order valence-corrected chi connectivity index (χ3v) is 8.27. The molecule has 3 aromatic carbocycles. The minimum Gasteiger partial charge on any atom is -0.476 e. The second-order valence-electron chi connectivity index (χ2n) is 9.27. The summed E-state index contributed by atoms with van der Waals surface area (Å²) in [6, 6.07) is 24.1. The molecule has 3 aromatic rings. The van der Waals surface area contributed by atoms with Gasteiger partial charge in [0.15, 0.2) is 6.10 Å². The van der Waals surface area contributed by atoms with E-state index in [2.05, 4.69) is 22.3 Å². The molecule has 9 heteroatoms. The van der Waals surface area contributed by atoms with Gasteiger partial charge < -0.3 is 14.8 Å². The highest BCUT2D eigenvalue weighted by Crippen LogP contribution is 2.35. The van der Waals surface area contributed by atoms with Crippen LogP contribution in [0.15, 0.2) is 78.9 Å². The first-order chi connectivity index (χ1) is 18.0. The number of rotatable bonds is 8. The maximum atomic E-state index is 13.4. The van der Waals surface area contributed by atoms with E-state index in [0.29, 0.717) is 23.5 Å². The standard InChI is InChI=1S/C28H31N3O5S/c32-28(29-18-22-10-12-23(13-11-22)19-30-14-16-35-17-15-30)27-20-31(25-8-4-5-9-26(25)36-27)37(33,34)21-24-6-2-1-3-7-24/h1-13,27H,14-21H2,(H,29,32). The number of para-hydroxylation sites is 2. The molecule has 2 heterocycles. The Morgan fingerprint density at radius 2 is 1.54 bits per heavy atom. The molecule has 37 heavy (non-hydrogen) atoms. The summed E-state index contributed by atoms with van der Waals surface area (Å²) in [5.74, 6) is -0.141. The second-order valence-corrected chi connectivity index (χ2v) is 11.2. The van der Waals surface area contributed by atoms with Crippen molar-refractivity contribution >= 4 is 21.6 Å². The predicted molar refractivity (Wildman–Crippen MR) is 142 cm³/mol. The van der Waals surface area contributed by atoms with Crippen molar-refractivity contribution in [3.05, 3.63) is 95.6 Å². The zero-order valence-electron chi connectivity index (χ0n) is 20.6. The number of hydrogen-bond acceptors (Lipinski definition) is 6. The lowest BCUT2D eigenvalue weighted by Crippen LogP contribution is -2.50.